The Morgan fingerprint density at radius 2 is 2.00 bits per heavy atom. The Labute approximate surface area is 205 Å². The van der Waals surface area contributed by atoms with E-state index in [1.165, 1.54) is 12.1 Å². The second kappa shape index (κ2) is 9.61. The molecule has 1 amide bonds. The van der Waals surface area contributed by atoms with Crippen LogP contribution in [-0.2, 0) is 6.42 Å². The van der Waals surface area contributed by atoms with Crippen LogP contribution in [0.1, 0.15) is 53.7 Å². The van der Waals surface area contributed by atoms with Crippen LogP contribution in [-0.4, -0.2) is 33.4 Å². The molecule has 1 aliphatic rings. The number of rotatable bonds is 5. The Balaban J connectivity index is 1.42. The maximum Gasteiger partial charge on any atom is 0.254 e. The van der Waals surface area contributed by atoms with E-state index in [9.17, 15) is 9.18 Å². The first kappa shape index (κ1) is 23.2. The smallest absolute Gasteiger partial charge is 0.254 e. The van der Waals surface area contributed by atoms with Gasteiger partial charge in [-0.3, -0.25) is 9.78 Å². The van der Waals surface area contributed by atoms with Gasteiger partial charge >= 0.3 is 0 Å². The molecule has 0 aliphatic carbocycles. The SMILES string of the molecule is Cc1ccc(-c2ccc(C)nc2)c(C(=O)N2CCC[C@@H](C)[C@H]2CCc2nc3cc(F)ccc3o2)c1. The molecule has 0 unspecified atom stereocenters. The van der Waals surface area contributed by atoms with Gasteiger partial charge in [0.1, 0.15) is 11.3 Å². The van der Waals surface area contributed by atoms with Gasteiger partial charge in [0.2, 0.25) is 0 Å². The molecule has 0 radical (unpaired) electrons. The maximum absolute atomic E-state index is 14.0. The van der Waals surface area contributed by atoms with Crippen molar-refractivity contribution in [2.75, 3.05) is 6.54 Å². The largest absolute Gasteiger partial charge is 0.441 e. The third kappa shape index (κ3) is 4.83. The van der Waals surface area contributed by atoms with Gasteiger partial charge < -0.3 is 9.32 Å². The third-order valence-electron chi connectivity index (χ3n) is 7.05. The minimum atomic E-state index is -0.326. The Bertz CT molecular complexity index is 1360. The van der Waals surface area contributed by atoms with Crippen LogP contribution >= 0.6 is 0 Å². The number of benzene rings is 2. The van der Waals surface area contributed by atoms with Crippen LogP contribution in [0.3, 0.4) is 0 Å². The highest BCUT2D eigenvalue weighted by Gasteiger charge is 2.33. The van der Waals surface area contributed by atoms with E-state index in [0.717, 1.165) is 48.2 Å². The number of piperidine rings is 1. The molecule has 0 N–H and O–H groups in total. The summed E-state index contributed by atoms with van der Waals surface area (Å²) in [4.78, 5) is 24.9. The molecule has 2 atom stereocenters. The minimum absolute atomic E-state index is 0.0560. The molecule has 6 heteroatoms. The van der Waals surface area contributed by atoms with Crippen LogP contribution in [0.25, 0.3) is 22.2 Å². The van der Waals surface area contributed by atoms with Crippen LogP contribution in [0, 0.1) is 25.6 Å². The molecule has 4 aromatic rings. The lowest BCUT2D eigenvalue weighted by atomic mass is 9.86. The van der Waals surface area contributed by atoms with Crippen LogP contribution in [0.5, 0.6) is 0 Å². The number of hydrogen-bond acceptors (Lipinski definition) is 4. The number of aryl methyl sites for hydroxylation is 3. The fourth-order valence-electron chi connectivity index (χ4n) is 5.14. The van der Waals surface area contributed by atoms with Gasteiger partial charge in [0, 0.05) is 48.1 Å². The highest BCUT2D eigenvalue weighted by Crippen LogP contribution is 2.32. The molecule has 2 aromatic heterocycles. The molecule has 0 spiro atoms. The molecule has 2 aromatic carbocycles. The van der Waals surface area contributed by atoms with Gasteiger partial charge in [0.25, 0.3) is 5.91 Å². The lowest BCUT2D eigenvalue weighted by Gasteiger charge is -2.40. The van der Waals surface area contributed by atoms with Crippen LogP contribution in [0.4, 0.5) is 4.39 Å². The number of likely N-dealkylation sites (tertiary alicyclic amines) is 1. The summed E-state index contributed by atoms with van der Waals surface area (Å²) in [5, 5.41) is 0. The number of aromatic nitrogens is 2. The quantitative estimate of drug-likeness (QED) is 0.332. The van der Waals surface area contributed by atoms with Crippen molar-refractivity contribution in [3.63, 3.8) is 0 Å². The molecular formula is C29H30FN3O2. The Morgan fingerprint density at radius 3 is 2.80 bits per heavy atom. The van der Waals surface area contributed by atoms with E-state index in [4.69, 9.17) is 4.42 Å². The second-order valence-corrected chi connectivity index (χ2v) is 9.68. The predicted molar refractivity (Wildman–Crippen MR) is 135 cm³/mol. The van der Waals surface area contributed by atoms with Crippen molar-refractivity contribution < 1.29 is 13.6 Å². The first-order valence-electron chi connectivity index (χ1n) is 12.3. The monoisotopic (exact) mass is 471 g/mol. The fourth-order valence-corrected chi connectivity index (χ4v) is 5.14. The van der Waals surface area contributed by atoms with Crippen molar-refractivity contribution in [2.45, 2.75) is 52.5 Å². The first-order chi connectivity index (χ1) is 16.9. The molecule has 180 valence electrons. The highest BCUT2D eigenvalue weighted by atomic mass is 19.1. The summed E-state index contributed by atoms with van der Waals surface area (Å²) < 4.78 is 19.4. The van der Waals surface area contributed by atoms with E-state index in [2.05, 4.69) is 16.9 Å². The zero-order chi connectivity index (χ0) is 24.5. The summed E-state index contributed by atoms with van der Waals surface area (Å²) in [7, 11) is 0. The molecule has 1 fully saturated rings. The van der Waals surface area contributed by atoms with Crippen molar-refractivity contribution in [3.05, 3.63) is 83.3 Å². The van der Waals surface area contributed by atoms with Gasteiger partial charge in [0.05, 0.1) is 0 Å². The van der Waals surface area contributed by atoms with E-state index in [1.807, 2.05) is 55.3 Å². The topological polar surface area (TPSA) is 59.2 Å². The van der Waals surface area contributed by atoms with Gasteiger partial charge in [-0.05, 0) is 68.9 Å². The average molecular weight is 472 g/mol. The molecule has 0 saturated carbocycles. The number of fused-ring (bicyclic) bond motifs is 1. The zero-order valence-corrected chi connectivity index (χ0v) is 20.4. The number of halogens is 1. The summed E-state index contributed by atoms with van der Waals surface area (Å²) in [6.07, 6.45) is 5.24. The Morgan fingerprint density at radius 1 is 1.14 bits per heavy atom. The number of carbonyl (C=O) groups excluding carboxylic acids is 1. The number of amides is 1. The van der Waals surface area contributed by atoms with Gasteiger partial charge in [-0.15, -0.1) is 0 Å². The summed E-state index contributed by atoms with van der Waals surface area (Å²) in [6.45, 7) is 6.91. The van der Waals surface area contributed by atoms with E-state index < -0.39 is 0 Å². The maximum atomic E-state index is 14.0. The standard InChI is InChI=1S/C29H30FN3O2/c1-18-6-10-23(21-8-7-20(3)31-17-21)24(15-18)29(34)33-14-4-5-19(2)26(33)11-13-28-32-25-16-22(30)9-12-27(25)35-28/h6-10,12,15-17,19,26H,4-5,11,13-14H2,1-3H3/t19-,26-/m1/s1. The molecule has 5 nitrogen and oxygen atoms in total. The Hall–Kier alpha value is -3.54. The van der Waals surface area contributed by atoms with Crippen LogP contribution in [0.2, 0.25) is 0 Å². The lowest BCUT2D eigenvalue weighted by molar-refractivity contribution is 0.0497. The van der Waals surface area contributed by atoms with Crippen molar-refractivity contribution in [2.24, 2.45) is 5.92 Å². The Kier molecular flexibility index (Phi) is 6.37. The fraction of sp³-hybridized carbons (Fsp3) is 0.345. The number of hydrogen-bond donors (Lipinski definition) is 0. The molecule has 0 bridgehead atoms. The summed E-state index contributed by atoms with van der Waals surface area (Å²) >= 11 is 0. The van der Waals surface area contributed by atoms with E-state index in [1.54, 1.807) is 6.07 Å². The molecule has 1 aliphatic heterocycles. The molecule has 35 heavy (non-hydrogen) atoms. The van der Waals surface area contributed by atoms with E-state index >= 15 is 0 Å². The number of nitrogens with zero attached hydrogens (tertiary/aromatic N) is 3. The van der Waals surface area contributed by atoms with Crippen LogP contribution < -0.4 is 0 Å². The van der Waals surface area contributed by atoms with Crippen molar-refractivity contribution in [1.82, 2.24) is 14.9 Å². The van der Waals surface area contributed by atoms with Gasteiger partial charge in [-0.25, -0.2) is 9.37 Å². The molecule has 3 heterocycles. The van der Waals surface area contributed by atoms with Crippen molar-refractivity contribution in [3.8, 4) is 11.1 Å². The third-order valence-corrected chi connectivity index (χ3v) is 7.05. The zero-order valence-electron chi connectivity index (χ0n) is 20.4. The van der Waals surface area contributed by atoms with Gasteiger partial charge in [-0.1, -0.05) is 30.7 Å². The summed E-state index contributed by atoms with van der Waals surface area (Å²) in [5.74, 6) is 0.676. The van der Waals surface area contributed by atoms with Crippen LogP contribution in [0.15, 0.2) is 59.1 Å². The average Bonchev–Trinajstić information content (AvgIpc) is 3.25. The van der Waals surface area contributed by atoms with Crippen molar-refractivity contribution >= 4 is 17.0 Å². The predicted octanol–water partition coefficient (Wildman–Crippen LogP) is 6.52. The normalized spacial score (nSPS) is 18.2. The molecular weight excluding hydrogens is 441 g/mol. The minimum Gasteiger partial charge on any atom is -0.441 e. The van der Waals surface area contributed by atoms with Crippen molar-refractivity contribution in [1.29, 1.82) is 0 Å². The molecule has 5 rings (SSSR count). The number of pyridine rings is 1. The van der Waals surface area contributed by atoms with Gasteiger partial charge in [0.15, 0.2) is 11.5 Å². The second-order valence-electron chi connectivity index (χ2n) is 9.68. The van der Waals surface area contributed by atoms with E-state index in [-0.39, 0.29) is 17.8 Å². The summed E-state index contributed by atoms with van der Waals surface area (Å²) in [5.41, 5.74) is 5.68. The number of carbonyl (C=O) groups is 1. The summed E-state index contributed by atoms with van der Waals surface area (Å²) in [6, 6.07) is 14.5. The first-order valence-corrected chi connectivity index (χ1v) is 12.3. The highest BCUT2D eigenvalue weighted by molar-refractivity contribution is 6.01. The number of oxazole rings is 1. The lowest BCUT2D eigenvalue weighted by Crippen LogP contribution is -2.48. The molecule has 1 saturated heterocycles. The van der Waals surface area contributed by atoms with Gasteiger partial charge in [-0.2, -0.15) is 0 Å². The van der Waals surface area contributed by atoms with E-state index in [0.29, 0.717) is 34.9 Å².